The SMILES string of the molecule is CCC1(c2cccc(Oc3cc(C(Cc4cncn4C)NC)ccc3C#N)c2)CCCCN(C)C1=O. The molecule has 7 heteroatoms. The van der Waals surface area contributed by atoms with Gasteiger partial charge in [0.15, 0.2) is 0 Å². The molecule has 0 radical (unpaired) electrons. The molecular weight excluding hydrogens is 450 g/mol. The smallest absolute Gasteiger partial charge is 0.232 e. The summed E-state index contributed by atoms with van der Waals surface area (Å²) in [5.41, 5.74) is 3.02. The molecule has 1 fully saturated rings. The number of nitrogens with one attached hydrogen (secondary N) is 1. The number of carbonyl (C=O) groups is 1. The van der Waals surface area contributed by atoms with Gasteiger partial charge in [-0.2, -0.15) is 5.26 Å². The number of nitriles is 1. The molecule has 3 aromatic rings. The van der Waals surface area contributed by atoms with E-state index >= 15 is 0 Å². The number of carbonyl (C=O) groups excluding carboxylic acids is 1. The number of likely N-dealkylation sites (N-methyl/N-ethyl adjacent to an activating group) is 2. The fourth-order valence-corrected chi connectivity index (χ4v) is 5.24. The normalized spacial score (nSPS) is 19.0. The summed E-state index contributed by atoms with van der Waals surface area (Å²) in [5.74, 6) is 1.31. The summed E-state index contributed by atoms with van der Waals surface area (Å²) in [6, 6.07) is 15.8. The van der Waals surface area contributed by atoms with Gasteiger partial charge in [0.05, 0.1) is 17.3 Å². The van der Waals surface area contributed by atoms with E-state index in [9.17, 15) is 10.1 Å². The zero-order valence-corrected chi connectivity index (χ0v) is 21.6. The quantitative estimate of drug-likeness (QED) is 0.492. The fourth-order valence-electron chi connectivity index (χ4n) is 5.24. The maximum atomic E-state index is 13.4. The molecule has 7 nitrogen and oxygen atoms in total. The highest BCUT2D eigenvalue weighted by molar-refractivity contribution is 5.88. The van der Waals surface area contributed by atoms with Crippen LogP contribution in [0.25, 0.3) is 0 Å². The number of aromatic nitrogens is 2. The largest absolute Gasteiger partial charge is 0.456 e. The minimum Gasteiger partial charge on any atom is -0.456 e. The number of imidazole rings is 1. The van der Waals surface area contributed by atoms with E-state index in [4.69, 9.17) is 4.74 Å². The van der Waals surface area contributed by atoms with E-state index in [-0.39, 0.29) is 11.9 Å². The van der Waals surface area contributed by atoms with Gasteiger partial charge in [0.1, 0.15) is 17.6 Å². The number of aryl methyl sites for hydroxylation is 1. The highest BCUT2D eigenvalue weighted by Gasteiger charge is 2.41. The lowest BCUT2D eigenvalue weighted by Gasteiger charge is -2.33. The minimum atomic E-state index is -0.551. The predicted octanol–water partition coefficient (Wildman–Crippen LogP) is 4.88. The Hall–Kier alpha value is -3.63. The fraction of sp³-hybridized carbons (Fsp3) is 0.414. The maximum Gasteiger partial charge on any atom is 0.232 e. The van der Waals surface area contributed by atoms with E-state index in [0.29, 0.717) is 17.1 Å². The van der Waals surface area contributed by atoms with Crippen LogP contribution in [0.3, 0.4) is 0 Å². The highest BCUT2D eigenvalue weighted by atomic mass is 16.5. The molecule has 0 aliphatic carbocycles. The summed E-state index contributed by atoms with van der Waals surface area (Å²) < 4.78 is 8.32. The van der Waals surface area contributed by atoms with E-state index in [1.807, 2.05) is 73.2 Å². The summed E-state index contributed by atoms with van der Waals surface area (Å²) in [6.07, 6.45) is 8.00. The first-order valence-electron chi connectivity index (χ1n) is 12.6. The molecule has 1 aliphatic rings. The maximum absolute atomic E-state index is 13.4. The van der Waals surface area contributed by atoms with Crippen molar-refractivity contribution in [1.29, 1.82) is 5.26 Å². The van der Waals surface area contributed by atoms with Gasteiger partial charge in [-0.05, 0) is 61.7 Å². The standard InChI is InChI=1S/C29H35N5O2/c1-5-29(13-6-7-14-33(3)28(29)35)23-9-8-10-25(16-23)36-27-15-21(11-12-22(27)18-30)26(31-2)17-24-19-32-20-34(24)4/h8-12,15-16,19-20,26,31H,5-7,13-14,17H2,1-4H3. The lowest BCUT2D eigenvalue weighted by Crippen LogP contribution is -2.43. The van der Waals surface area contributed by atoms with Gasteiger partial charge in [0, 0.05) is 45.0 Å². The molecule has 1 aliphatic heterocycles. The van der Waals surface area contributed by atoms with E-state index < -0.39 is 5.41 Å². The van der Waals surface area contributed by atoms with Crippen LogP contribution in [0.1, 0.15) is 61.0 Å². The zero-order valence-electron chi connectivity index (χ0n) is 21.6. The molecule has 2 unspecified atom stereocenters. The molecule has 36 heavy (non-hydrogen) atoms. The second-order valence-corrected chi connectivity index (χ2v) is 9.66. The highest BCUT2D eigenvalue weighted by Crippen LogP contribution is 2.39. The van der Waals surface area contributed by atoms with E-state index in [2.05, 4.69) is 23.3 Å². The van der Waals surface area contributed by atoms with Crippen LogP contribution >= 0.6 is 0 Å². The summed E-state index contributed by atoms with van der Waals surface area (Å²) in [5, 5.41) is 13.1. The van der Waals surface area contributed by atoms with Gasteiger partial charge in [-0.25, -0.2) is 4.98 Å². The van der Waals surface area contributed by atoms with Crippen molar-refractivity contribution in [1.82, 2.24) is 19.8 Å². The molecule has 1 N–H and O–H groups in total. The van der Waals surface area contributed by atoms with Crippen LogP contribution in [-0.2, 0) is 23.7 Å². The molecule has 0 saturated carbocycles. The molecule has 2 atom stereocenters. The topological polar surface area (TPSA) is 83.2 Å². The van der Waals surface area contributed by atoms with Crippen molar-refractivity contribution < 1.29 is 9.53 Å². The van der Waals surface area contributed by atoms with Crippen molar-refractivity contribution in [2.75, 3.05) is 20.6 Å². The Labute approximate surface area is 213 Å². The van der Waals surface area contributed by atoms with Gasteiger partial charge < -0.3 is 19.5 Å². The van der Waals surface area contributed by atoms with Gasteiger partial charge in [0.2, 0.25) is 5.91 Å². The molecular formula is C29H35N5O2. The van der Waals surface area contributed by atoms with Crippen LogP contribution in [0.2, 0.25) is 0 Å². The molecule has 0 spiro atoms. The minimum absolute atomic E-state index is 0.0318. The van der Waals surface area contributed by atoms with Gasteiger partial charge in [-0.3, -0.25) is 4.79 Å². The van der Waals surface area contributed by atoms with Crippen LogP contribution < -0.4 is 10.1 Å². The van der Waals surface area contributed by atoms with Gasteiger partial charge >= 0.3 is 0 Å². The zero-order chi connectivity index (χ0) is 25.7. The molecule has 1 saturated heterocycles. The van der Waals surface area contributed by atoms with Crippen LogP contribution in [0.15, 0.2) is 55.0 Å². The second-order valence-electron chi connectivity index (χ2n) is 9.66. The third kappa shape index (κ3) is 5.00. The number of likely N-dealkylation sites (tertiary alicyclic amines) is 1. The third-order valence-corrected chi connectivity index (χ3v) is 7.53. The molecule has 2 aromatic carbocycles. The lowest BCUT2D eigenvalue weighted by atomic mass is 9.73. The van der Waals surface area contributed by atoms with Crippen molar-refractivity contribution >= 4 is 5.91 Å². The third-order valence-electron chi connectivity index (χ3n) is 7.53. The summed E-state index contributed by atoms with van der Waals surface area (Å²) in [7, 11) is 5.80. The Balaban J connectivity index is 1.65. The lowest BCUT2D eigenvalue weighted by molar-refractivity contribution is -0.135. The molecule has 1 amide bonds. The van der Waals surface area contributed by atoms with E-state index in [0.717, 1.165) is 55.5 Å². The number of ether oxygens (including phenoxy) is 1. The first-order valence-corrected chi connectivity index (χ1v) is 12.6. The van der Waals surface area contributed by atoms with Crippen LogP contribution in [0.5, 0.6) is 11.5 Å². The Morgan fingerprint density at radius 1 is 1.22 bits per heavy atom. The van der Waals surface area contributed by atoms with Gasteiger partial charge in [-0.15, -0.1) is 0 Å². The predicted molar refractivity (Wildman–Crippen MR) is 140 cm³/mol. The summed E-state index contributed by atoms with van der Waals surface area (Å²) >= 11 is 0. The summed E-state index contributed by atoms with van der Waals surface area (Å²) in [4.78, 5) is 19.5. The van der Waals surface area contributed by atoms with Crippen molar-refractivity contribution in [3.8, 4) is 17.6 Å². The Morgan fingerprint density at radius 2 is 2.06 bits per heavy atom. The second kappa shape index (κ2) is 11.0. The number of amides is 1. The Bertz CT molecular complexity index is 1260. The van der Waals surface area contributed by atoms with Crippen LogP contribution in [-0.4, -0.2) is 41.0 Å². The molecule has 188 valence electrons. The van der Waals surface area contributed by atoms with Crippen molar-refractivity contribution in [2.45, 2.75) is 50.5 Å². The molecule has 0 bridgehead atoms. The first kappa shape index (κ1) is 25.5. The summed E-state index contributed by atoms with van der Waals surface area (Å²) in [6.45, 7) is 2.88. The van der Waals surface area contributed by atoms with Crippen molar-refractivity contribution in [2.24, 2.45) is 7.05 Å². The Morgan fingerprint density at radius 3 is 2.75 bits per heavy atom. The van der Waals surface area contributed by atoms with Crippen LogP contribution in [0.4, 0.5) is 0 Å². The van der Waals surface area contributed by atoms with Crippen molar-refractivity contribution in [3.63, 3.8) is 0 Å². The number of benzene rings is 2. The monoisotopic (exact) mass is 485 g/mol. The van der Waals surface area contributed by atoms with E-state index in [1.165, 1.54) is 0 Å². The average molecular weight is 486 g/mol. The first-order chi connectivity index (χ1) is 17.4. The number of hydrogen-bond donors (Lipinski definition) is 1. The van der Waals surface area contributed by atoms with Gasteiger partial charge in [0.25, 0.3) is 0 Å². The molecule has 1 aromatic heterocycles. The average Bonchev–Trinajstić information content (AvgIpc) is 3.24. The number of hydrogen-bond acceptors (Lipinski definition) is 5. The molecule has 4 rings (SSSR count). The molecule has 2 heterocycles. The van der Waals surface area contributed by atoms with Gasteiger partial charge in [-0.1, -0.05) is 31.5 Å². The Kier molecular flexibility index (Phi) is 7.76. The van der Waals surface area contributed by atoms with E-state index in [1.54, 1.807) is 12.4 Å². The van der Waals surface area contributed by atoms with Crippen molar-refractivity contribution in [3.05, 3.63) is 77.4 Å². The van der Waals surface area contributed by atoms with Crippen LogP contribution in [0, 0.1) is 11.3 Å². The number of nitrogens with zero attached hydrogens (tertiary/aromatic N) is 4. The number of rotatable bonds is 8.